The van der Waals surface area contributed by atoms with E-state index in [9.17, 15) is 9.59 Å². The van der Waals surface area contributed by atoms with E-state index in [4.69, 9.17) is 14.2 Å². The first-order valence-corrected chi connectivity index (χ1v) is 8.54. The zero-order valence-corrected chi connectivity index (χ0v) is 15.7. The molecule has 6 heteroatoms. The van der Waals surface area contributed by atoms with Crippen molar-refractivity contribution in [2.75, 3.05) is 19.1 Å². The predicted octanol–water partition coefficient (Wildman–Crippen LogP) is 3.69. The van der Waals surface area contributed by atoms with Gasteiger partial charge in [-0.25, -0.2) is 4.90 Å². The Morgan fingerprint density at radius 3 is 2.63 bits per heavy atom. The van der Waals surface area contributed by atoms with Gasteiger partial charge < -0.3 is 14.2 Å². The summed E-state index contributed by atoms with van der Waals surface area (Å²) in [6.45, 7) is 3.52. The van der Waals surface area contributed by atoms with Crippen molar-refractivity contribution in [3.8, 4) is 17.2 Å². The molecule has 27 heavy (non-hydrogen) atoms. The first-order valence-electron chi connectivity index (χ1n) is 8.54. The van der Waals surface area contributed by atoms with Gasteiger partial charge in [0.25, 0.3) is 11.8 Å². The van der Waals surface area contributed by atoms with Crippen molar-refractivity contribution >= 4 is 23.6 Å². The largest absolute Gasteiger partial charge is 0.497 e. The number of carbonyl (C=O) groups is 2. The third kappa shape index (κ3) is 3.26. The highest BCUT2D eigenvalue weighted by atomic mass is 16.5. The van der Waals surface area contributed by atoms with E-state index in [-0.39, 0.29) is 5.56 Å². The highest BCUT2D eigenvalue weighted by molar-refractivity contribution is 6.24. The van der Waals surface area contributed by atoms with Gasteiger partial charge >= 0.3 is 0 Å². The third-order valence-corrected chi connectivity index (χ3v) is 4.32. The standard InChI is InChI=1S/C21H21NO5/c1-5-7-14-8-6-9-17-19(14)27-13(2)20(23)22(17)21(24)16-11-10-15(25-3)12-18(16)26-4/h5-13H,1-4H3/b7-5+. The van der Waals surface area contributed by atoms with Crippen LogP contribution >= 0.6 is 0 Å². The molecule has 3 rings (SSSR count). The quantitative estimate of drug-likeness (QED) is 0.771. The van der Waals surface area contributed by atoms with Gasteiger partial charge in [-0.05, 0) is 32.0 Å². The molecule has 2 aromatic rings. The summed E-state index contributed by atoms with van der Waals surface area (Å²) >= 11 is 0. The summed E-state index contributed by atoms with van der Waals surface area (Å²) in [7, 11) is 3.00. The number of rotatable bonds is 4. The first-order chi connectivity index (χ1) is 13.0. The van der Waals surface area contributed by atoms with Crippen molar-refractivity contribution in [2.24, 2.45) is 0 Å². The Morgan fingerprint density at radius 2 is 1.96 bits per heavy atom. The van der Waals surface area contributed by atoms with Gasteiger partial charge in [0.15, 0.2) is 11.9 Å². The van der Waals surface area contributed by atoms with Gasteiger partial charge in [0.05, 0.1) is 25.5 Å². The molecule has 6 nitrogen and oxygen atoms in total. The van der Waals surface area contributed by atoms with Crippen LogP contribution in [0.15, 0.2) is 42.5 Å². The van der Waals surface area contributed by atoms with E-state index in [1.165, 1.54) is 14.2 Å². The molecule has 0 fully saturated rings. The third-order valence-electron chi connectivity index (χ3n) is 4.32. The zero-order valence-electron chi connectivity index (χ0n) is 15.7. The van der Waals surface area contributed by atoms with Crippen LogP contribution in [0.3, 0.4) is 0 Å². The number of hydrogen-bond donors (Lipinski definition) is 0. The molecule has 0 aliphatic carbocycles. The van der Waals surface area contributed by atoms with Crippen LogP contribution in [0.2, 0.25) is 0 Å². The van der Waals surface area contributed by atoms with Gasteiger partial charge in [-0.1, -0.05) is 24.3 Å². The van der Waals surface area contributed by atoms with Crippen LogP contribution in [0.4, 0.5) is 5.69 Å². The van der Waals surface area contributed by atoms with E-state index in [0.29, 0.717) is 22.9 Å². The van der Waals surface area contributed by atoms with E-state index in [1.807, 2.05) is 25.1 Å². The van der Waals surface area contributed by atoms with Crippen molar-refractivity contribution in [1.29, 1.82) is 0 Å². The Labute approximate surface area is 158 Å². The minimum Gasteiger partial charge on any atom is -0.497 e. The van der Waals surface area contributed by atoms with E-state index >= 15 is 0 Å². The van der Waals surface area contributed by atoms with Crippen LogP contribution < -0.4 is 19.1 Å². The maximum Gasteiger partial charge on any atom is 0.274 e. The molecule has 0 saturated carbocycles. The molecule has 1 aliphatic heterocycles. The molecular formula is C21H21NO5. The highest BCUT2D eigenvalue weighted by Crippen LogP contribution is 2.39. The number of amides is 2. The predicted molar refractivity (Wildman–Crippen MR) is 103 cm³/mol. The second kappa shape index (κ2) is 7.53. The summed E-state index contributed by atoms with van der Waals surface area (Å²) < 4.78 is 16.3. The van der Waals surface area contributed by atoms with Gasteiger partial charge in [0.1, 0.15) is 11.5 Å². The van der Waals surface area contributed by atoms with Crippen molar-refractivity contribution in [3.63, 3.8) is 0 Å². The second-order valence-electron chi connectivity index (χ2n) is 6.00. The number of ether oxygens (including phenoxy) is 3. The molecule has 1 heterocycles. The minimum absolute atomic E-state index is 0.267. The molecular weight excluding hydrogens is 346 g/mol. The molecule has 2 amide bonds. The fourth-order valence-corrected chi connectivity index (χ4v) is 2.99. The van der Waals surface area contributed by atoms with E-state index in [0.717, 1.165) is 10.5 Å². The smallest absolute Gasteiger partial charge is 0.274 e. The average Bonchev–Trinajstić information content (AvgIpc) is 2.68. The van der Waals surface area contributed by atoms with Gasteiger partial charge in [-0.15, -0.1) is 0 Å². The normalized spacial score (nSPS) is 16.1. The molecule has 0 radical (unpaired) electrons. The lowest BCUT2D eigenvalue weighted by Crippen LogP contribution is -2.48. The molecule has 0 spiro atoms. The monoisotopic (exact) mass is 367 g/mol. The number of benzene rings is 2. The number of fused-ring (bicyclic) bond motifs is 1. The summed E-state index contributed by atoms with van der Waals surface area (Å²) in [4.78, 5) is 27.2. The molecule has 1 atom stereocenters. The summed E-state index contributed by atoms with van der Waals surface area (Å²) in [5, 5.41) is 0. The summed E-state index contributed by atoms with van der Waals surface area (Å²) in [5.41, 5.74) is 1.48. The van der Waals surface area contributed by atoms with Crippen molar-refractivity contribution in [1.82, 2.24) is 0 Å². The van der Waals surface area contributed by atoms with Gasteiger partial charge in [-0.3, -0.25) is 9.59 Å². The Bertz CT molecular complexity index is 919. The Hall–Kier alpha value is -3.28. The lowest BCUT2D eigenvalue weighted by Gasteiger charge is -2.32. The zero-order chi connectivity index (χ0) is 19.6. The maximum atomic E-state index is 13.3. The van der Waals surface area contributed by atoms with Crippen LogP contribution in [0.25, 0.3) is 6.08 Å². The van der Waals surface area contributed by atoms with Crippen LogP contribution in [0, 0.1) is 0 Å². The molecule has 0 N–H and O–H groups in total. The minimum atomic E-state index is -0.780. The number of anilines is 1. The van der Waals surface area contributed by atoms with Crippen LogP contribution in [-0.2, 0) is 4.79 Å². The molecule has 1 unspecified atom stereocenters. The summed E-state index contributed by atoms with van der Waals surface area (Å²) in [6.07, 6.45) is 2.97. The lowest BCUT2D eigenvalue weighted by molar-refractivity contribution is -0.124. The number of methoxy groups -OCH3 is 2. The maximum absolute atomic E-state index is 13.3. The van der Waals surface area contributed by atoms with Gasteiger partial charge in [0.2, 0.25) is 0 Å². The van der Waals surface area contributed by atoms with Gasteiger partial charge in [0, 0.05) is 11.6 Å². The number of carbonyl (C=O) groups excluding carboxylic acids is 2. The summed E-state index contributed by atoms with van der Waals surface area (Å²) in [5.74, 6) is 0.485. The van der Waals surface area contributed by atoms with E-state index in [2.05, 4.69) is 0 Å². The molecule has 0 bridgehead atoms. The first kappa shape index (κ1) is 18.5. The molecule has 0 saturated heterocycles. The second-order valence-corrected chi connectivity index (χ2v) is 6.00. The van der Waals surface area contributed by atoms with Crippen molar-refractivity contribution in [3.05, 3.63) is 53.6 Å². The highest BCUT2D eigenvalue weighted by Gasteiger charge is 2.38. The molecule has 2 aromatic carbocycles. The number of para-hydroxylation sites is 1. The Balaban J connectivity index is 2.13. The number of hydrogen-bond acceptors (Lipinski definition) is 5. The van der Waals surface area contributed by atoms with Crippen molar-refractivity contribution in [2.45, 2.75) is 20.0 Å². The molecule has 0 aromatic heterocycles. The lowest BCUT2D eigenvalue weighted by atomic mass is 10.1. The Morgan fingerprint density at radius 1 is 1.19 bits per heavy atom. The van der Waals surface area contributed by atoms with Crippen molar-refractivity contribution < 1.29 is 23.8 Å². The van der Waals surface area contributed by atoms with Crippen LogP contribution in [-0.4, -0.2) is 32.1 Å². The number of nitrogens with zero attached hydrogens (tertiary/aromatic N) is 1. The SMILES string of the molecule is C/C=C/c1cccc2c1OC(C)C(=O)N2C(=O)c1ccc(OC)cc1OC. The molecule has 1 aliphatic rings. The fraction of sp³-hybridized carbons (Fsp3) is 0.238. The number of allylic oxidation sites excluding steroid dienone is 1. The average molecular weight is 367 g/mol. The van der Waals surface area contributed by atoms with Crippen LogP contribution in [0.1, 0.15) is 29.8 Å². The molecule has 140 valence electrons. The fourth-order valence-electron chi connectivity index (χ4n) is 2.99. The van der Waals surface area contributed by atoms with E-state index < -0.39 is 17.9 Å². The van der Waals surface area contributed by atoms with Crippen LogP contribution in [0.5, 0.6) is 17.2 Å². The Kier molecular flexibility index (Phi) is 5.16. The van der Waals surface area contributed by atoms with Gasteiger partial charge in [-0.2, -0.15) is 0 Å². The van der Waals surface area contributed by atoms with E-state index in [1.54, 1.807) is 37.3 Å². The summed E-state index contributed by atoms with van der Waals surface area (Å²) in [6, 6.07) is 10.2. The topological polar surface area (TPSA) is 65.1 Å². The number of imide groups is 1.